The molecule has 2 heterocycles. The van der Waals surface area contributed by atoms with Gasteiger partial charge in [-0.05, 0) is 24.3 Å². The van der Waals surface area contributed by atoms with Crippen molar-refractivity contribution in [1.82, 2.24) is 19.5 Å². The molecule has 0 saturated carbocycles. The van der Waals surface area contributed by atoms with E-state index in [1.165, 1.54) is 47.5 Å². The molecule has 0 bridgehead atoms. The number of aromatic nitrogens is 1. The molecule has 0 unspecified atom stereocenters. The van der Waals surface area contributed by atoms with Crippen LogP contribution in [0.1, 0.15) is 15.9 Å². The van der Waals surface area contributed by atoms with Gasteiger partial charge in [-0.3, -0.25) is 9.59 Å². The number of nitrogens with one attached hydrogen (secondary N) is 2. The molecule has 2 N–H and O–H groups in total. The molecule has 1 aromatic heterocycles. The number of aliphatic imine (C=N–C) groups is 1. The SMILES string of the molecule is O=C(N=C(c1ccccc1)N1CCN(C(=O)C(=O)c2c[nH]c3cccc(F)c23)CC1)NS(=O)(=O)c1ccccc1. The Hall–Kier alpha value is -4.84. The maximum Gasteiger partial charge on any atom is 0.356 e. The number of aromatic amines is 1. The summed E-state index contributed by atoms with van der Waals surface area (Å²) in [4.78, 5) is 48.7. The van der Waals surface area contributed by atoms with Gasteiger partial charge in [0.15, 0.2) is 0 Å². The van der Waals surface area contributed by atoms with E-state index in [2.05, 4.69) is 9.98 Å². The van der Waals surface area contributed by atoms with Crippen molar-refractivity contribution < 1.29 is 27.2 Å². The smallest absolute Gasteiger partial charge is 0.356 e. The zero-order valence-electron chi connectivity index (χ0n) is 21.1. The predicted octanol–water partition coefficient (Wildman–Crippen LogP) is 3.18. The number of ketones is 1. The number of hydrogen-bond acceptors (Lipinski definition) is 5. The zero-order chi connectivity index (χ0) is 28.3. The lowest BCUT2D eigenvalue weighted by molar-refractivity contribution is -0.127. The summed E-state index contributed by atoms with van der Waals surface area (Å²) in [7, 11) is -4.13. The Labute approximate surface area is 229 Å². The summed E-state index contributed by atoms with van der Waals surface area (Å²) in [6.45, 7) is 0.692. The summed E-state index contributed by atoms with van der Waals surface area (Å²) in [6.07, 6.45) is 1.33. The lowest BCUT2D eigenvalue weighted by Crippen LogP contribution is -2.52. The Morgan fingerprint density at radius 2 is 1.45 bits per heavy atom. The van der Waals surface area contributed by atoms with Crippen LogP contribution < -0.4 is 4.72 Å². The molecule has 10 nitrogen and oxygen atoms in total. The van der Waals surface area contributed by atoms with E-state index in [1.807, 2.05) is 4.72 Å². The quantitative estimate of drug-likeness (QED) is 0.167. The number of nitrogens with zero attached hydrogens (tertiary/aromatic N) is 3. The molecule has 12 heteroatoms. The van der Waals surface area contributed by atoms with Gasteiger partial charge in [0.2, 0.25) is 0 Å². The molecule has 40 heavy (non-hydrogen) atoms. The van der Waals surface area contributed by atoms with Gasteiger partial charge in [0.1, 0.15) is 11.7 Å². The monoisotopic (exact) mass is 561 g/mol. The molecule has 5 rings (SSSR count). The van der Waals surface area contributed by atoms with E-state index in [-0.39, 0.29) is 47.9 Å². The molecule has 0 radical (unpaired) electrons. The second-order valence-corrected chi connectivity index (χ2v) is 10.7. The highest BCUT2D eigenvalue weighted by molar-refractivity contribution is 7.90. The van der Waals surface area contributed by atoms with Crippen LogP contribution in [0, 0.1) is 5.82 Å². The van der Waals surface area contributed by atoms with Crippen LogP contribution in [0.15, 0.2) is 94.9 Å². The number of H-pyrrole nitrogens is 1. The molecule has 1 aliphatic rings. The van der Waals surface area contributed by atoms with E-state index in [4.69, 9.17) is 0 Å². The lowest BCUT2D eigenvalue weighted by atomic mass is 10.1. The average molecular weight is 562 g/mol. The molecule has 3 aromatic carbocycles. The molecule has 1 fully saturated rings. The maximum atomic E-state index is 14.4. The number of carbonyl (C=O) groups is 3. The fourth-order valence-electron chi connectivity index (χ4n) is 4.50. The van der Waals surface area contributed by atoms with Gasteiger partial charge < -0.3 is 14.8 Å². The van der Waals surface area contributed by atoms with E-state index < -0.39 is 33.6 Å². The van der Waals surface area contributed by atoms with Crippen molar-refractivity contribution in [2.75, 3.05) is 26.2 Å². The number of Topliss-reactive ketones (excluding diaryl/α,β-unsaturated/α-hetero) is 1. The first-order chi connectivity index (χ1) is 19.2. The number of piperazine rings is 1. The topological polar surface area (TPSA) is 132 Å². The van der Waals surface area contributed by atoms with Crippen molar-refractivity contribution in [3.05, 3.63) is 102 Å². The van der Waals surface area contributed by atoms with Crippen molar-refractivity contribution in [3.63, 3.8) is 0 Å². The van der Waals surface area contributed by atoms with Crippen LogP contribution >= 0.6 is 0 Å². The number of urea groups is 1. The van der Waals surface area contributed by atoms with Crippen LogP contribution in [-0.4, -0.2) is 72.9 Å². The average Bonchev–Trinajstić information content (AvgIpc) is 3.42. The largest absolute Gasteiger partial charge is 0.360 e. The van der Waals surface area contributed by atoms with Gasteiger partial charge in [0.05, 0.1) is 10.5 Å². The number of benzene rings is 3. The normalized spacial score (nSPS) is 14.3. The van der Waals surface area contributed by atoms with Crippen LogP contribution in [0.2, 0.25) is 0 Å². The fraction of sp³-hybridized carbons (Fsp3) is 0.143. The number of amidine groups is 1. The van der Waals surface area contributed by atoms with Crippen molar-refractivity contribution in [2.24, 2.45) is 4.99 Å². The molecule has 1 saturated heterocycles. The van der Waals surface area contributed by atoms with Crippen molar-refractivity contribution in [1.29, 1.82) is 0 Å². The van der Waals surface area contributed by atoms with E-state index in [9.17, 15) is 27.2 Å². The first-order valence-corrected chi connectivity index (χ1v) is 13.8. The first-order valence-electron chi connectivity index (χ1n) is 12.3. The van der Waals surface area contributed by atoms with Crippen molar-refractivity contribution >= 4 is 44.5 Å². The number of rotatable bonds is 5. The number of amides is 3. The van der Waals surface area contributed by atoms with Crippen LogP contribution in [0.3, 0.4) is 0 Å². The standard InChI is InChI=1S/C28H24FN5O5S/c29-22-12-7-13-23-24(22)21(18-30-23)25(35)27(36)34-16-14-33(15-17-34)26(19-8-3-1-4-9-19)31-28(37)32-40(38,39)20-10-5-2-6-11-20/h1-13,18,30H,14-17H2,(H,32,37). The Kier molecular flexibility index (Phi) is 7.43. The zero-order valence-corrected chi connectivity index (χ0v) is 21.9. The Bertz CT molecular complexity index is 1710. The highest BCUT2D eigenvalue weighted by atomic mass is 32.2. The Balaban J connectivity index is 1.32. The minimum Gasteiger partial charge on any atom is -0.360 e. The predicted molar refractivity (Wildman–Crippen MR) is 146 cm³/mol. The van der Waals surface area contributed by atoms with E-state index in [0.717, 1.165) is 0 Å². The molecular weight excluding hydrogens is 537 g/mol. The van der Waals surface area contributed by atoms with E-state index in [0.29, 0.717) is 11.1 Å². The third-order valence-corrected chi connectivity index (χ3v) is 7.81. The molecule has 0 spiro atoms. The van der Waals surface area contributed by atoms with Crippen LogP contribution in [0.4, 0.5) is 9.18 Å². The molecule has 204 valence electrons. The highest BCUT2D eigenvalue weighted by Crippen LogP contribution is 2.23. The second-order valence-electron chi connectivity index (χ2n) is 9.00. The van der Waals surface area contributed by atoms with E-state index >= 15 is 0 Å². The maximum absolute atomic E-state index is 14.4. The number of sulfonamides is 1. The van der Waals surface area contributed by atoms with Gasteiger partial charge >= 0.3 is 6.03 Å². The second kappa shape index (κ2) is 11.1. The highest BCUT2D eigenvalue weighted by Gasteiger charge is 2.30. The molecular formula is C28H24FN5O5S. The minimum atomic E-state index is -4.13. The van der Waals surface area contributed by atoms with E-state index in [1.54, 1.807) is 47.4 Å². The number of halogens is 1. The van der Waals surface area contributed by atoms with Crippen LogP contribution in [0.5, 0.6) is 0 Å². The van der Waals surface area contributed by atoms with Crippen molar-refractivity contribution in [3.8, 4) is 0 Å². The van der Waals surface area contributed by atoms with Gasteiger partial charge in [-0.25, -0.2) is 22.3 Å². The summed E-state index contributed by atoms with van der Waals surface area (Å²) >= 11 is 0. The third-order valence-electron chi connectivity index (χ3n) is 6.47. The number of carbonyl (C=O) groups excluding carboxylic acids is 3. The van der Waals surface area contributed by atoms with Crippen molar-refractivity contribution in [2.45, 2.75) is 4.90 Å². The van der Waals surface area contributed by atoms with Gasteiger partial charge in [0, 0.05) is 48.8 Å². The molecule has 0 aliphatic carbocycles. The molecule has 0 atom stereocenters. The fourth-order valence-corrected chi connectivity index (χ4v) is 5.41. The molecule has 1 aliphatic heterocycles. The first kappa shape index (κ1) is 26.8. The van der Waals surface area contributed by atoms with Gasteiger partial charge in [-0.1, -0.05) is 54.6 Å². The Morgan fingerprint density at radius 1 is 0.825 bits per heavy atom. The van der Waals surface area contributed by atoms with Crippen LogP contribution in [0.25, 0.3) is 10.9 Å². The Morgan fingerprint density at radius 3 is 2.12 bits per heavy atom. The number of hydrogen-bond donors (Lipinski definition) is 2. The van der Waals surface area contributed by atoms with Crippen LogP contribution in [-0.2, 0) is 14.8 Å². The van der Waals surface area contributed by atoms with Gasteiger partial charge in [-0.2, -0.15) is 4.99 Å². The summed E-state index contributed by atoms with van der Waals surface area (Å²) in [5.74, 6) is -1.98. The summed E-state index contributed by atoms with van der Waals surface area (Å²) < 4.78 is 41.5. The van der Waals surface area contributed by atoms with Gasteiger partial charge in [0.25, 0.3) is 21.7 Å². The summed E-state index contributed by atoms with van der Waals surface area (Å²) in [5, 5.41) is 0.0643. The summed E-state index contributed by atoms with van der Waals surface area (Å²) in [5.41, 5.74) is 0.945. The molecule has 4 aromatic rings. The van der Waals surface area contributed by atoms with Gasteiger partial charge in [-0.15, -0.1) is 0 Å². The summed E-state index contributed by atoms with van der Waals surface area (Å²) in [6, 6.07) is 19.5. The molecule has 3 amide bonds. The number of fused-ring (bicyclic) bond motifs is 1. The third kappa shape index (κ3) is 5.47. The lowest BCUT2D eigenvalue weighted by Gasteiger charge is -2.36. The minimum absolute atomic E-state index is 0.0386.